The summed E-state index contributed by atoms with van der Waals surface area (Å²) in [4.78, 5) is 29.9. The van der Waals surface area contributed by atoms with E-state index in [1.807, 2.05) is 35.8 Å². The molecule has 0 bridgehead atoms. The largest absolute Gasteiger partial charge is 0.493 e. The van der Waals surface area contributed by atoms with Gasteiger partial charge in [0, 0.05) is 49.5 Å². The number of likely N-dealkylation sites (tertiary alicyclic amines) is 2. The molecule has 1 aromatic rings. The number of ether oxygens (including phenoxy) is 1. The second-order valence-electron chi connectivity index (χ2n) is 10.5. The van der Waals surface area contributed by atoms with Crippen molar-refractivity contribution in [2.24, 2.45) is 11.3 Å². The van der Waals surface area contributed by atoms with Gasteiger partial charge in [0.1, 0.15) is 5.75 Å². The summed E-state index contributed by atoms with van der Waals surface area (Å²) in [6.07, 6.45) is 3.49. The molecule has 6 nitrogen and oxygen atoms in total. The van der Waals surface area contributed by atoms with Gasteiger partial charge in [0.05, 0.1) is 12.7 Å². The van der Waals surface area contributed by atoms with Crippen LogP contribution in [0.4, 0.5) is 0 Å². The molecule has 0 radical (unpaired) electrons. The molecule has 2 amide bonds. The molecule has 0 unspecified atom stereocenters. The van der Waals surface area contributed by atoms with Gasteiger partial charge in [-0.05, 0) is 68.7 Å². The van der Waals surface area contributed by atoms with Crippen molar-refractivity contribution in [3.8, 4) is 5.75 Å². The minimum atomic E-state index is -0.431. The van der Waals surface area contributed by atoms with E-state index < -0.39 is 5.41 Å². The summed E-state index contributed by atoms with van der Waals surface area (Å²) in [6.45, 7) is 10.8. The van der Waals surface area contributed by atoms with E-state index in [1.165, 1.54) is 0 Å². The average Bonchev–Trinajstić information content (AvgIpc) is 2.76. The molecule has 2 saturated heterocycles. The molecule has 1 N–H and O–H groups in total. The van der Waals surface area contributed by atoms with Gasteiger partial charge in [0.2, 0.25) is 11.8 Å². The molecule has 184 valence electrons. The molecular formula is C26H39ClN2O4. The fourth-order valence-corrected chi connectivity index (χ4v) is 5.10. The Bertz CT molecular complexity index is 828. The van der Waals surface area contributed by atoms with Crippen molar-refractivity contribution in [2.75, 3.05) is 32.8 Å². The highest BCUT2D eigenvalue weighted by Gasteiger charge is 2.41. The first-order valence-electron chi connectivity index (χ1n) is 12.2. The van der Waals surface area contributed by atoms with E-state index in [1.54, 1.807) is 0 Å². The molecule has 0 spiro atoms. The zero-order valence-corrected chi connectivity index (χ0v) is 21.3. The van der Waals surface area contributed by atoms with Crippen LogP contribution in [0.3, 0.4) is 0 Å². The Morgan fingerprint density at radius 2 is 1.76 bits per heavy atom. The van der Waals surface area contributed by atoms with Gasteiger partial charge in [-0.2, -0.15) is 0 Å². The number of nitrogens with zero attached hydrogens (tertiary/aromatic N) is 2. The van der Waals surface area contributed by atoms with Gasteiger partial charge < -0.3 is 19.6 Å². The van der Waals surface area contributed by atoms with Crippen LogP contribution in [0.15, 0.2) is 12.1 Å². The zero-order valence-electron chi connectivity index (χ0n) is 20.5. The third kappa shape index (κ3) is 6.86. The summed E-state index contributed by atoms with van der Waals surface area (Å²) < 4.78 is 6.27. The highest BCUT2D eigenvalue weighted by atomic mass is 35.5. The van der Waals surface area contributed by atoms with Crippen molar-refractivity contribution in [1.29, 1.82) is 0 Å². The summed E-state index contributed by atoms with van der Waals surface area (Å²) in [7, 11) is 0. The van der Waals surface area contributed by atoms with Crippen LogP contribution in [0, 0.1) is 25.2 Å². The summed E-state index contributed by atoms with van der Waals surface area (Å²) in [5, 5.41) is 10.6. The van der Waals surface area contributed by atoms with Crippen molar-refractivity contribution in [3.63, 3.8) is 0 Å². The summed E-state index contributed by atoms with van der Waals surface area (Å²) in [5.41, 5.74) is 1.49. The first kappa shape index (κ1) is 25.8. The number of aliphatic hydroxyl groups excluding tert-OH is 1. The maximum Gasteiger partial charge on any atom is 0.223 e. The molecule has 2 fully saturated rings. The maximum atomic E-state index is 13.3. The normalized spacial score (nSPS) is 22.0. The Kier molecular flexibility index (Phi) is 8.68. The lowest BCUT2D eigenvalue weighted by Crippen LogP contribution is -2.51. The van der Waals surface area contributed by atoms with E-state index in [-0.39, 0.29) is 17.9 Å². The van der Waals surface area contributed by atoms with Crippen LogP contribution in [0.1, 0.15) is 63.5 Å². The Morgan fingerprint density at radius 3 is 2.36 bits per heavy atom. The van der Waals surface area contributed by atoms with E-state index in [0.717, 1.165) is 41.3 Å². The first-order valence-corrected chi connectivity index (χ1v) is 12.6. The Hall–Kier alpha value is -1.79. The third-order valence-corrected chi connectivity index (χ3v) is 7.49. The van der Waals surface area contributed by atoms with E-state index in [2.05, 4.69) is 13.8 Å². The van der Waals surface area contributed by atoms with Gasteiger partial charge in [0.25, 0.3) is 0 Å². The fraction of sp³-hybridized carbons (Fsp3) is 0.692. The Balaban J connectivity index is 1.77. The number of carbonyl (C=O) groups excluding carboxylic acids is 2. The lowest BCUT2D eigenvalue weighted by molar-refractivity contribution is -0.143. The second kappa shape index (κ2) is 11.1. The number of piperidine rings is 2. The highest BCUT2D eigenvalue weighted by Crippen LogP contribution is 2.37. The Morgan fingerprint density at radius 1 is 1.12 bits per heavy atom. The van der Waals surface area contributed by atoms with E-state index in [9.17, 15) is 14.7 Å². The average molecular weight is 479 g/mol. The van der Waals surface area contributed by atoms with Crippen LogP contribution < -0.4 is 4.74 Å². The molecule has 1 aromatic carbocycles. The molecule has 3 rings (SSSR count). The smallest absolute Gasteiger partial charge is 0.223 e. The van der Waals surface area contributed by atoms with Crippen LogP contribution in [0.25, 0.3) is 0 Å². The van der Waals surface area contributed by atoms with Crippen molar-refractivity contribution in [1.82, 2.24) is 9.80 Å². The van der Waals surface area contributed by atoms with Gasteiger partial charge in [-0.25, -0.2) is 0 Å². The number of benzene rings is 1. The van der Waals surface area contributed by atoms with Crippen molar-refractivity contribution < 1.29 is 19.4 Å². The number of rotatable bonds is 7. The second-order valence-corrected chi connectivity index (χ2v) is 10.8. The molecular weight excluding hydrogens is 440 g/mol. The molecule has 0 aromatic heterocycles. The first-order chi connectivity index (χ1) is 15.6. The van der Waals surface area contributed by atoms with Crippen LogP contribution in [-0.2, 0) is 9.59 Å². The van der Waals surface area contributed by atoms with Crippen LogP contribution in [0.2, 0.25) is 5.02 Å². The molecule has 33 heavy (non-hydrogen) atoms. The molecule has 2 aliphatic rings. The number of amides is 2. The SMILES string of the molecule is Cc1cc(OC[C@@]2(CC(=O)N3CCC(O)CC3)CCCN(C(=O)CC(C)C)C2)cc(C)c1Cl. The van der Waals surface area contributed by atoms with Gasteiger partial charge in [-0.15, -0.1) is 0 Å². The number of aliphatic hydroxyl groups is 1. The topological polar surface area (TPSA) is 70.1 Å². The molecule has 0 aliphatic carbocycles. The number of hydrogen-bond donors (Lipinski definition) is 1. The quantitative estimate of drug-likeness (QED) is 0.632. The number of aryl methyl sites for hydroxylation is 2. The van der Waals surface area contributed by atoms with Crippen LogP contribution in [-0.4, -0.2) is 65.6 Å². The standard InChI is InChI=1S/C26H39ClN2O4/c1-18(2)12-23(31)29-9-5-8-26(16-29,15-24(32)28-10-6-21(30)7-11-28)17-33-22-13-19(3)25(27)20(4)14-22/h13-14,18,21,30H,5-12,15-17H2,1-4H3/t26-/m1/s1. The van der Waals surface area contributed by atoms with Gasteiger partial charge >= 0.3 is 0 Å². The highest BCUT2D eigenvalue weighted by molar-refractivity contribution is 6.32. The molecule has 2 heterocycles. The molecule has 1 atom stereocenters. The minimum absolute atomic E-state index is 0.0899. The van der Waals surface area contributed by atoms with Gasteiger partial charge in [0.15, 0.2) is 0 Å². The van der Waals surface area contributed by atoms with E-state index in [4.69, 9.17) is 16.3 Å². The van der Waals surface area contributed by atoms with Gasteiger partial charge in [-0.3, -0.25) is 9.59 Å². The number of hydrogen-bond acceptors (Lipinski definition) is 4. The predicted molar refractivity (Wildman–Crippen MR) is 131 cm³/mol. The minimum Gasteiger partial charge on any atom is -0.493 e. The van der Waals surface area contributed by atoms with Crippen molar-refractivity contribution in [2.45, 2.75) is 72.3 Å². The molecule has 0 saturated carbocycles. The molecule has 2 aliphatic heterocycles. The van der Waals surface area contributed by atoms with Gasteiger partial charge in [-0.1, -0.05) is 25.4 Å². The zero-order chi connectivity index (χ0) is 24.2. The fourth-order valence-electron chi connectivity index (χ4n) is 4.99. The maximum absolute atomic E-state index is 13.3. The van der Waals surface area contributed by atoms with E-state index >= 15 is 0 Å². The van der Waals surface area contributed by atoms with Crippen molar-refractivity contribution >= 4 is 23.4 Å². The Labute approximate surface area is 203 Å². The lowest BCUT2D eigenvalue weighted by Gasteiger charge is -2.43. The lowest BCUT2D eigenvalue weighted by atomic mass is 9.77. The summed E-state index contributed by atoms with van der Waals surface area (Å²) in [5.74, 6) is 1.28. The summed E-state index contributed by atoms with van der Waals surface area (Å²) in [6, 6.07) is 3.86. The monoisotopic (exact) mass is 478 g/mol. The van der Waals surface area contributed by atoms with Crippen molar-refractivity contribution in [3.05, 3.63) is 28.3 Å². The summed E-state index contributed by atoms with van der Waals surface area (Å²) >= 11 is 6.32. The van der Waals surface area contributed by atoms with Crippen LogP contribution >= 0.6 is 11.6 Å². The number of carbonyl (C=O) groups is 2. The third-order valence-electron chi connectivity index (χ3n) is 6.90. The predicted octanol–water partition coefficient (Wildman–Crippen LogP) is 4.36. The van der Waals surface area contributed by atoms with E-state index in [0.29, 0.717) is 57.8 Å². The number of halogens is 1. The molecule has 7 heteroatoms. The van der Waals surface area contributed by atoms with Crippen LogP contribution in [0.5, 0.6) is 5.75 Å².